The van der Waals surface area contributed by atoms with E-state index in [9.17, 15) is 9.59 Å². The molecule has 0 aliphatic heterocycles. The molecule has 1 amide bonds. The van der Waals surface area contributed by atoms with Crippen LogP contribution >= 0.6 is 12.6 Å². The van der Waals surface area contributed by atoms with Crippen LogP contribution in [-0.4, -0.2) is 48.8 Å². The number of amides is 1. The molecule has 4 aromatic carbocycles. The third kappa shape index (κ3) is 8.14. The van der Waals surface area contributed by atoms with Gasteiger partial charge in [-0.3, -0.25) is 10.1 Å². The second kappa shape index (κ2) is 14.8. The molecule has 0 aliphatic rings. The van der Waals surface area contributed by atoms with E-state index >= 15 is 0 Å². The topological polar surface area (TPSA) is 103 Å². The Morgan fingerprint density at radius 3 is 2.30 bits per heavy atom. The van der Waals surface area contributed by atoms with E-state index in [0.717, 1.165) is 10.8 Å². The quantitative estimate of drug-likeness (QED) is 0.140. The number of para-hydroxylation sites is 1. The molecule has 0 radical (unpaired) electrons. The molecule has 0 heterocycles. The molecule has 0 aromatic heterocycles. The first kappa shape index (κ1) is 28.8. The summed E-state index contributed by atoms with van der Waals surface area (Å²) in [5.74, 6) is 0.615. The lowest BCUT2D eigenvalue weighted by Gasteiger charge is -2.28. The van der Waals surface area contributed by atoms with Gasteiger partial charge in [-0.25, -0.2) is 4.79 Å². The van der Waals surface area contributed by atoms with Crippen molar-refractivity contribution in [1.29, 1.82) is 0 Å². The Labute approximate surface area is 238 Å². The van der Waals surface area contributed by atoms with E-state index in [1.165, 1.54) is 0 Å². The zero-order chi connectivity index (χ0) is 28.2. The summed E-state index contributed by atoms with van der Waals surface area (Å²) in [5, 5.41) is 13.8. The Bertz CT molecular complexity index is 1380. The predicted molar refractivity (Wildman–Crippen MR) is 156 cm³/mol. The minimum atomic E-state index is -0.878. The van der Waals surface area contributed by atoms with Crippen molar-refractivity contribution in [1.82, 2.24) is 0 Å². The molecule has 0 saturated heterocycles. The van der Waals surface area contributed by atoms with Crippen LogP contribution in [0.3, 0.4) is 0 Å². The van der Waals surface area contributed by atoms with Gasteiger partial charge in [0.25, 0.3) is 0 Å². The predicted octanol–water partition coefficient (Wildman–Crippen LogP) is 5.81. The summed E-state index contributed by atoms with van der Waals surface area (Å²) in [7, 11) is 0. The van der Waals surface area contributed by atoms with E-state index in [4.69, 9.17) is 24.1 Å². The molecule has 9 heteroatoms. The highest BCUT2D eigenvalue weighted by molar-refractivity contribution is 7.81. The molecule has 2 atom stereocenters. The molecule has 0 unspecified atom stereocenters. The first-order chi connectivity index (χ1) is 19.6. The van der Waals surface area contributed by atoms with Crippen molar-refractivity contribution in [2.75, 3.05) is 30.9 Å². The van der Waals surface area contributed by atoms with Crippen LogP contribution in [0, 0.1) is 0 Å². The van der Waals surface area contributed by atoms with Crippen LogP contribution in [-0.2, 0) is 14.3 Å². The number of thiol groups is 1. The van der Waals surface area contributed by atoms with E-state index < -0.39 is 24.3 Å². The van der Waals surface area contributed by atoms with Crippen molar-refractivity contribution in [3.05, 3.63) is 103 Å². The fraction of sp³-hybridized carbons (Fsp3) is 0.226. The van der Waals surface area contributed by atoms with E-state index in [-0.39, 0.29) is 32.0 Å². The summed E-state index contributed by atoms with van der Waals surface area (Å²) < 4.78 is 23.0. The Morgan fingerprint density at radius 2 is 1.55 bits per heavy atom. The van der Waals surface area contributed by atoms with Crippen LogP contribution in [0.25, 0.3) is 10.8 Å². The van der Waals surface area contributed by atoms with E-state index in [0.29, 0.717) is 22.7 Å². The highest BCUT2D eigenvalue weighted by Gasteiger charge is 2.30. The van der Waals surface area contributed by atoms with Crippen LogP contribution in [0.2, 0.25) is 0 Å². The van der Waals surface area contributed by atoms with Gasteiger partial charge in [-0.2, -0.15) is 12.6 Å². The summed E-state index contributed by atoms with van der Waals surface area (Å²) in [6.45, 7) is 0.0855. The first-order valence-electron chi connectivity index (χ1n) is 12.8. The molecular weight excluding hydrogens is 530 g/mol. The molecule has 0 aliphatic carbocycles. The van der Waals surface area contributed by atoms with Crippen molar-refractivity contribution >= 4 is 41.2 Å². The minimum Gasteiger partial charge on any atom is -0.491 e. The standard InChI is InChI=1S/C31H31NO7S/c33-18-20-36-24-15-13-23(14-16-24)30(28(17-19-37-29(34)21-40)38-25-9-2-1-3-10-25)39-31(35)32-27-12-6-8-22-7-4-5-11-26(22)27/h1-16,28,30,33,40H,17-21H2,(H,32,35)/t28-,30-/m0/s1. The van der Waals surface area contributed by atoms with Gasteiger partial charge in [0.2, 0.25) is 0 Å². The lowest BCUT2D eigenvalue weighted by molar-refractivity contribution is -0.141. The molecule has 0 saturated carbocycles. The summed E-state index contributed by atoms with van der Waals surface area (Å²) >= 11 is 3.96. The van der Waals surface area contributed by atoms with Crippen LogP contribution in [0.1, 0.15) is 18.1 Å². The van der Waals surface area contributed by atoms with Crippen LogP contribution in [0.5, 0.6) is 11.5 Å². The average Bonchev–Trinajstić information content (AvgIpc) is 2.99. The maximum Gasteiger partial charge on any atom is 0.412 e. The van der Waals surface area contributed by atoms with Gasteiger partial charge in [0.15, 0.2) is 6.10 Å². The number of rotatable bonds is 13. The molecule has 4 aromatic rings. The number of ether oxygens (including phenoxy) is 4. The van der Waals surface area contributed by atoms with Gasteiger partial charge in [0.1, 0.15) is 24.2 Å². The number of anilines is 1. The van der Waals surface area contributed by atoms with Crippen molar-refractivity contribution in [2.24, 2.45) is 0 Å². The number of carbonyl (C=O) groups excluding carboxylic acids is 2. The number of benzene rings is 4. The highest BCUT2D eigenvalue weighted by atomic mass is 32.1. The fourth-order valence-corrected chi connectivity index (χ4v) is 4.24. The van der Waals surface area contributed by atoms with Gasteiger partial charge >= 0.3 is 12.1 Å². The molecular formula is C31H31NO7S. The molecule has 0 bridgehead atoms. The summed E-state index contributed by atoms with van der Waals surface area (Å²) in [6, 6.07) is 29.5. The Kier molecular flexibility index (Phi) is 10.7. The number of aliphatic hydroxyl groups is 1. The normalized spacial score (nSPS) is 12.2. The van der Waals surface area contributed by atoms with Crippen molar-refractivity contribution in [3.8, 4) is 11.5 Å². The number of hydrogen-bond donors (Lipinski definition) is 3. The third-order valence-electron chi connectivity index (χ3n) is 5.99. The number of fused-ring (bicyclic) bond motifs is 1. The third-order valence-corrected chi connectivity index (χ3v) is 6.25. The lowest BCUT2D eigenvalue weighted by atomic mass is 10.0. The molecule has 0 fully saturated rings. The lowest BCUT2D eigenvalue weighted by Crippen LogP contribution is -2.32. The fourth-order valence-electron chi connectivity index (χ4n) is 4.15. The van der Waals surface area contributed by atoms with E-state index in [2.05, 4.69) is 17.9 Å². The monoisotopic (exact) mass is 561 g/mol. The van der Waals surface area contributed by atoms with Crippen molar-refractivity contribution in [2.45, 2.75) is 18.6 Å². The van der Waals surface area contributed by atoms with Gasteiger partial charge in [-0.05, 0) is 41.3 Å². The molecule has 40 heavy (non-hydrogen) atoms. The van der Waals surface area contributed by atoms with Crippen LogP contribution < -0.4 is 14.8 Å². The van der Waals surface area contributed by atoms with E-state index in [1.807, 2.05) is 54.6 Å². The minimum absolute atomic E-state index is 0.0411. The number of carbonyl (C=O) groups is 2. The maximum absolute atomic E-state index is 13.3. The molecule has 8 nitrogen and oxygen atoms in total. The average molecular weight is 562 g/mol. The highest BCUT2D eigenvalue weighted by Crippen LogP contribution is 2.31. The number of esters is 1. The van der Waals surface area contributed by atoms with Crippen molar-refractivity contribution in [3.63, 3.8) is 0 Å². The number of nitrogens with one attached hydrogen (secondary N) is 1. The van der Waals surface area contributed by atoms with Gasteiger partial charge in [0.05, 0.1) is 24.7 Å². The van der Waals surface area contributed by atoms with Gasteiger partial charge in [0, 0.05) is 11.8 Å². The Hall–Kier alpha value is -4.21. The zero-order valence-corrected chi connectivity index (χ0v) is 22.7. The number of aliphatic hydroxyl groups excluding tert-OH is 1. The van der Waals surface area contributed by atoms with E-state index in [1.54, 1.807) is 42.5 Å². The Balaban J connectivity index is 1.62. The maximum atomic E-state index is 13.3. The number of hydrogen-bond acceptors (Lipinski definition) is 8. The zero-order valence-electron chi connectivity index (χ0n) is 21.8. The molecule has 0 spiro atoms. The van der Waals surface area contributed by atoms with Crippen LogP contribution in [0.4, 0.5) is 10.5 Å². The SMILES string of the molecule is O=C(CS)OCC[C@H](Oc1ccccc1)[C@@H](OC(=O)Nc1cccc2ccccc12)c1ccc(OCCO)cc1. The first-order valence-corrected chi connectivity index (χ1v) is 13.5. The summed E-state index contributed by atoms with van der Waals surface area (Å²) in [4.78, 5) is 25.0. The molecule has 2 N–H and O–H groups in total. The Morgan fingerprint density at radius 1 is 0.825 bits per heavy atom. The largest absolute Gasteiger partial charge is 0.491 e. The smallest absolute Gasteiger partial charge is 0.412 e. The van der Waals surface area contributed by atoms with Crippen LogP contribution in [0.15, 0.2) is 97.1 Å². The van der Waals surface area contributed by atoms with Gasteiger partial charge in [-0.1, -0.05) is 66.7 Å². The van der Waals surface area contributed by atoms with Gasteiger partial charge in [-0.15, -0.1) is 0 Å². The molecule has 4 rings (SSSR count). The second-order valence-corrected chi connectivity index (χ2v) is 9.07. The molecule has 208 valence electrons. The summed E-state index contributed by atoms with van der Waals surface area (Å²) in [6.07, 6.45) is -2.02. The van der Waals surface area contributed by atoms with Crippen molar-refractivity contribution < 1.29 is 33.6 Å². The van der Waals surface area contributed by atoms with Gasteiger partial charge < -0.3 is 24.1 Å². The summed E-state index contributed by atoms with van der Waals surface area (Å²) in [5.41, 5.74) is 1.25. The second-order valence-electron chi connectivity index (χ2n) is 8.76.